The highest BCUT2D eigenvalue weighted by Gasteiger charge is 2.14. The lowest BCUT2D eigenvalue weighted by atomic mass is 10.2. The number of aromatic nitrogens is 2. The van der Waals surface area contributed by atoms with Crippen molar-refractivity contribution in [1.82, 2.24) is 14.5 Å². The second-order valence-electron chi connectivity index (χ2n) is 5.24. The molecule has 1 aromatic carbocycles. The summed E-state index contributed by atoms with van der Waals surface area (Å²) in [6, 6.07) is 7.76. The zero-order valence-corrected chi connectivity index (χ0v) is 12.1. The molecule has 0 aliphatic carbocycles. The molecule has 2 aromatic rings. The molecular weight excluding hydrogens is 266 g/mol. The molecule has 0 unspecified atom stereocenters. The van der Waals surface area contributed by atoms with E-state index in [1.54, 1.807) is 12.4 Å². The highest BCUT2D eigenvalue weighted by molar-refractivity contribution is 5.91. The molecule has 1 amide bonds. The number of hydrogen-bond donors (Lipinski definition) is 1. The smallest absolute Gasteiger partial charge is 0.331 e. The number of rotatable bonds is 2. The number of benzene rings is 1. The molecule has 0 radical (unpaired) electrons. The van der Waals surface area contributed by atoms with Gasteiger partial charge in [0, 0.05) is 49.9 Å². The summed E-state index contributed by atoms with van der Waals surface area (Å²) in [5.41, 5.74) is 1.98. The number of likely N-dealkylation sites (N-methyl/N-ethyl adjacent to an activating group) is 1. The minimum absolute atomic E-state index is 0.208. The van der Waals surface area contributed by atoms with E-state index in [2.05, 4.69) is 39.3 Å². The number of amides is 1. The SMILES string of the molecule is CN1CCN(c2ccc(NC(=O)n3ccnc3)cc2)CC1. The van der Waals surface area contributed by atoms with E-state index in [0.717, 1.165) is 31.9 Å². The van der Waals surface area contributed by atoms with Gasteiger partial charge in [-0.1, -0.05) is 0 Å². The molecule has 2 heterocycles. The van der Waals surface area contributed by atoms with Crippen LogP contribution in [0.2, 0.25) is 0 Å². The van der Waals surface area contributed by atoms with Crippen LogP contribution in [0, 0.1) is 0 Å². The van der Waals surface area contributed by atoms with E-state index in [-0.39, 0.29) is 6.03 Å². The van der Waals surface area contributed by atoms with Crippen LogP contribution in [0.25, 0.3) is 0 Å². The number of imidazole rings is 1. The summed E-state index contributed by atoms with van der Waals surface area (Å²) < 4.78 is 1.41. The van der Waals surface area contributed by atoms with Crippen LogP contribution in [-0.4, -0.2) is 53.7 Å². The largest absolute Gasteiger partial charge is 0.369 e. The number of nitrogens with zero attached hydrogens (tertiary/aromatic N) is 4. The van der Waals surface area contributed by atoms with Gasteiger partial charge in [0.25, 0.3) is 0 Å². The topological polar surface area (TPSA) is 53.4 Å². The van der Waals surface area contributed by atoms with Gasteiger partial charge in [-0.3, -0.25) is 4.57 Å². The zero-order chi connectivity index (χ0) is 14.7. The first kappa shape index (κ1) is 13.6. The van der Waals surface area contributed by atoms with E-state index in [9.17, 15) is 4.79 Å². The Kier molecular flexibility index (Phi) is 3.87. The molecule has 0 saturated carbocycles. The van der Waals surface area contributed by atoms with Gasteiger partial charge in [-0.25, -0.2) is 9.78 Å². The summed E-state index contributed by atoms with van der Waals surface area (Å²) in [6.45, 7) is 4.24. The predicted molar refractivity (Wildman–Crippen MR) is 82.8 cm³/mol. The number of carbonyl (C=O) groups excluding carboxylic acids is 1. The summed E-state index contributed by atoms with van der Waals surface area (Å²) in [5.74, 6) is 0. The van der Waals surface area contributed by atoms with Crippen LogP contribution in [0.15, 0.2) is 43.0 Å². The second kappa shape index (κ2) is 5.97. The molecule has 0 spiro atoms. The van der Waals surface area contributed by atoms with Crippen LogP contribution in [0.4, 0.5) is 16.2 Å². The Morgan fingerprint density at radius 1 is 1.14 bits per heavy atom. The van der Waals surface area contributed by atoms with Gasteiger partial charge in [0.1, 0.15) is 6.33 Å². The van der Waals surface area contributed by atoms with Crippen LogP contribution in [0.5, 0.6) is 0 Å². The van der Waals surface area contributed by atoms with Crippen molar-refractivity contribution in [3.8, 4) is 0 Å². The van der Waals surface area contributed by atoms with E-state index in [4.69, 9.17) is 0 Å². The summed E-state index contributed by atoms with van der Waals surface area (Å²) in [7, 11) is 2.14. The van der Waals surface area contributed by atoms with E-state index in [0.29, 0.717) is 0 Å². The molecule has 6 heteroatoms. The molecule has 1 fully saturated rings. The number of hydrogen-bond acceptors (Lipinski definition) is 4. The van der Waals surface area contributed by atoms with E-state index >= 15 is 0 Å². The molecule has 6 nitrogen and oxygen atoms in total. The lowest BCUT2D eigenvalue weighted by Gasteiger charge is -2.34. The number of carbonyl (C=O) groups is 1. The normalized spacial score (nSPS) is 16.0. The fraction of sp³-hybridized carbons (Fsp3) is 0.333. The van der Waals surface area contributed by atoms with E-state index in [1.807, 2.05) is 12.1 Å². The summed E-state index contributed by atoms with van der Waals surface area (Å²) in [6.07, 6.45) is 4.68. The molecule has 0 bridgehead atoms. The average molecular weight is 285 g/mol. The lowest BCUT2D eigenvalue weighted by molar-refractivity contribution is 0.253. The Labute approximate surface area is 124 Å². The van der Waals surface area contributed by atoms with Gasteiger partial charge in [0.05, 0.1) is 0 Å². The Morgan fingerprint density at radius 2 is 1.86 bits per heavy atom. The molecule has 110 valence electrons. The minimum atomic E-state index is -0.208. The Morgan fingerprint density at radius 3 is 2.48 bits per heavy atom. The molecule has 1 saturated heterocycles. The lowest BCUT2D eigenvalue weighted by Crippen LogP contribution is -2.44. The van der Waals surface area contributed by atoms with Crippen molar-refractivity contribution in [3.63, 3.8) is 0 Å². The Hall–Kier alpha value is -2.34. The van der Waals surface area contributed by atoms with Crippen LogP contribution in [0.3, 0.4) is 0 Å². The van der Waals surface area contributed by atoms with Crippen LogP contribution < -0.4 is 10.2 Å². The van der Waals surface area contributed by atoms with Gasteiger partial charge in [0.2, 0.25) is 0 Å². The fourth-order valence-corrected chi connectivity index (χ4v) is 2.39. The molecule has 3 rings (SSSR count). The number of anilines is 2. The van der Waals surface area contributed by atoms with Crippen molar-refractivity contribution in [3.05, 3.63) is 43.0 Å². The maximum Gasteiger partial charge on any atom is 0.331 e. The third-order valence-corrected chi connectivity index (χ3v) is 3.73. The number of nitrogens with one attached hydrogen (secondary N) is 1. The highest BCUT2D eigenvalue weighted by atomic mass is 16.2. The maximum absolute atomic E-state index is 11.9. The van der Waals surface area contributed by atoms with E-state index < -0.39 is 0 Å². The van der Waals surface area contributed by atoms with Crippen molar-refractivity contribution in [1.29, 1.82) is 0 Å². The van der Waals surface area contributed by atoms with E-state index in [1.165, 1.54) is 16.6 Å². The van der Waals surface area contributed by atoms with Crippen molar-refractivity contribution in [2.24, 2.45) is 0 Å². The molecule has 1 N–H and O–H groups in total. The maximum atomic E-state index is 11.9. The quantitative estimate of drug-likeness (QED) is 0.913. The highest BCUT2D eigenvalue weighted by Crippen LogP contribution is 2.19. The zero-order valence-electron chi connectivity index (χ0n) is 12.1. The first-order valence-electron chi connectivity index (χ1n) is 7.05. The molecule has 1 aromatic heterocycles. The van der Waals surface area contributed by atoms with Gasteiger partial charge in [-0.2, -0.15) is 0 Å². The standard InChI is InChI=1S/C15H19N5O/c1-18-8-10-19(11-9-18)14-4-2-13(3-5-14)17-15(21)20-7-6-16-12-20/h2-7,12H,8-11H2,1H3,(H,17,21). The monoisotopic (exact) mass is 285 g/mol. The predicted octanol–water partition coefficient (Wildman–Crippen LogP) is 1.72. The van der Waals surface area contributed by atoms with Crippen LogP contribution in [0.1, 0.15) is 0 Å². The first-order valence-corrected chi connectivity index (χ1v) is 7.05. The summed E-state index contributed by atoms with van der Waals surface area (Å²) in [5, 5.41) is 2.84. The Bertz CT molecular complexity index is 585. The fourth-order valence-electron chi connectivity index (χ4n) is 2.39. The van der Waals surface area contributed by atoms with Crippen molar-refractivity contribution in [2.45, 2.75) is 0 Å². The molecular formula is C15H19N5O. The molecule has 1 aliphatic rings. The minimum Gasteiger partial charge on any atom is -0.369 e. The summed E-state index contributed by atoms with van der Waals surface area (Å²) >= 11 is 0. The van der Waals surface area contributed by atoms with Gasteiger partial charge in [-0.15, -0.1) is 0 Å². The van der Waals surface area contributed by atoms with Crippen LogP contribution >= 0.6 is 0 Å². The van der Waals surface area contributed by atoms with Crippen molar-refractivity contribution >= 4 is 17.4 Å². The van der Waals surface area contributed by atoms with Crippen molar-refractivity contribution < 1.29 is 4.79 Å². The number of piperazine rings is 1. The van der Waals surface area contributed by atoms with Gasteiger partial charge in [-0.05, 0) is 31.3 Å². The Balaban J connectivity index is 1.63. The first-order chi connectivity index (χ1) is 10.2. The van der Waals surface area contributed by atoms with Crippen molar-refractivity contribution in [2.75, 3.05) is 43.4 Å². The van der Waals surface area contributed by atoms with Gasteiger partial charge < -0.3 is 15.1 Å². The van der Waals surface area contributed by atoms with Crippen LogP contribution in [-0.2, 0) is 0 Å². The molecule has 21 heavy (non-hydrogen) atoms. The third kappa shape index (κ3) is 3.22. The third-order valence-electron chi connectivity index (χ3n) is 3.73. The molecule has 1 aliphatic heterocycles. The van der Waals surface area contributed by atoms with Gasteiger partial charge >= 0.3 is 6.03 Å². The molecule has 0 atom stereocenters. The summed E-state index contributed by atoms with van der Waals surface area (Å²) in [4.78, 5) is 20.4. The van der Waals surface area contributed by atoms with Gasteiger partial charge in [0.15, 0.2) is 0 Å². The average Bonchev–Trinajstić information content (AvgIpc) is 3.03. The second-order valence-corrected chi connectivity index (χ2v) is 5.24.